The van der Waals surface area contributed by atoms with Gasteiger partial charge in [0, 0.05) is 17.7 Å². The van der Waals surface area contributed by atoms with E-state index in [4.69, 9.17) is 10.5 Å². The van der Waals surface area contributed by atoms with E-state index in [0.29, 0.717) is 11.3 Å². The number of halogens is 1. The maximum atomic E-state index is 13.8. The van der Waals surface area contributed by atoms with Crippen molar-refractivity contribution >= 4 is 0 Å². The molecule has 1 aromatic rings. The Morgan fingerprint density at radius 2 is 2.05 bits per heavy atom. The van der Waals surface area contributed by atoms with E-state index < -0.39 is 6.10 Å². The summed E-state index contributed by atoms with van der Waals surface area (Å²) in [6.45, 7) is 1.74. The van der Waals surface area contributed by atoms with Gasteiger partial charge in [-0.15, -0.1) is 0 Å². The minimum absolute atomic E-state index is 0.233. The SMILES string of the molecule is CC(N)c1ccc(OC2CCCCCC2O)cc1F. The summed E-state index contributed by atoms with van der Waals surface area (Å²) in [5.74, 6) is 0.114. The quantitative estimate of drug-likeness (QED) is 0.828. The van der Waals surface area contributed by atoms with E-state index in [2.05, 4.69) is 0 Å². The molecule has 1 aliphatic carbocycles. The molecular weight excluding hydrogens is 245 g/mol. The Balaban J connectivity index is 2.08. The van der Waals surface area contributed by atoms with Gasteiger partial charge in [0.25, 0.3) is 0 Å². The summed E-state index contributed by atoms with van der Waals surface area (Å²) in [6.07, 6.45) is 4.07. The summed E-state index contributed by atoms with van der Waals surface area (Å²) in [5.41, 5.74) is 6.15. The van der Waals surface area contributed by atoms with Crippen LogP contribution in [0, 0.1) is 5.82 Å². The molecule has 3 N–H and O–H groups in total. The van der Waals surface area contributed by atoms with Crippen molar-refractivity contribution in [3.63, 3.8) is 0 Å². The van der Waals surface area contributed by atoms with Crippen LogP contribution in [0.2, 0.25) is 0 Å². The zero-order chi connectivity index (χ0) is 13.8. The molecule has 1 fully saturated rings. The number of rotatable bonds is 3. The van der Waals surface area contributed by atoms with Crippen LogP contribution in [0.15, 0.2) is 18.2 Å². The fourth-order valence-electron chi connectivity index (χ4n) is 2.52. The number of aliphatic hydroxyl groups excluding tert-OH is 1. The monoisotopic (exact) mass is 267 g/mol. The Hall–Kier alpha value is -1.13. The number of nitrogens with two attached hydrogens (primary N) is 1. The molecule has 0 amide bonds. The van der Waals surface area contributed by atoms with Gasteiger partial charge >= 0.3 is 0 Å². The van der Waals surface area contributed by atoms with E-state index in [9.17, 15) is 9.50 Å². The maximum Gasteiger partial charge on any atom is 0.131 e. The zero-order valence-electron chi connectivity index (χ0n) is 11.3. The number of ether oxygens (including phenoxy) is 1. The van der Waals surface area contributed by atoms with Crippen LogP contribution in [-0.4, -0.2) is 17.3 Å². The Morgan fingerprint density at radius 1 is 1.32 bits per heavy atom. The summed E-state index contributed by atoms with van der Waals surface area (Å²) < 4.78 is 19.5. The van der Waals surface area contributed by atoms with Gasteiger partial charge in [-0.3, -0.25) is 0 Å². The first-order valence-electron chi connectivity index (χ1n) is 6.97. The minimum Gasteiger partial charge on any atom is -0.488 e. The Bertz CT molecular complexity index is 423. The highest BCUT2D eigenvalue weighted by molar-refractivity contribution is 5.30. The molecule has 3 unspecified atom stereocenters. The molecule has 4 heteroatoms. The van der Waals surface area contributed by atoms with Crippen LogP contribution in [0.3, 0.4) is 0 Å². The molecule has 3 nitrogen and oxygen atoms in total. The second kappa shape index (κ2) is 6.35. The van der Waals surface area contributed by atoms with E-state index in [1.54, 1.807) is 19.1 Å². The zero-order valence-corrected chi connectivity index (χ0v) is 11.3. The molecule has 1 aromatic carbocycles. The third-order valence-electron chi connectivity index (χ3n) is 3.67. The first kappa shape index (κ1) is 14.3. The maximum absolute atomic E-state index is 13.8. The smallest absolute Gasteiger partial charge is 0.131 e. The number of hydrogen-bond donors (Lipinski definition) is 2. The lowest BCUT2D eigenvalue weighted by molar-refractivity contribution is 0.0318. The summed E-state index contributed by atoms with van der Waals surface area (Å²) in [4.78, 5) is 0. The van der Waals surface area contributed by atoms with Crippen LogP contribution in [0.1, 0.15) is 50.6 Å². The van der Waals surface area contributed by atoms with Gasteiger partial charge in [0.05, 0.1) is 6.10 Å². The molecule has 0 aromatic heterocycles. The van der Waals surface area contributed by atoms with Gasteiger partial charge in [0.15, 0.2) is 0 Å². The third kappa shape index (κ3) is 3.67. The van der Waals surface area contributed by atoms with Gasteiger partial charge in [0.2, 0.25) is 0 Å². The average molecular weight is 267 g/mol. The van der Waals surface area contributed by atoms with Gasteiger partial charge in [-0.05, 0) is 32.3 Å². The summed E-state index contributed by atoms with van der Waals surface area (Å²) in [7, 11) is 0. The molecule has 106 valence electrons. The highest BCUT2D eigenvalue weighted by Gasteiger charge is 2.23. The predicted molar refractivity (Wildman–Crippen MR) is 72.5 cm³/mol. The topological polar surface area (TPSA) is 55.5 Å². The standard InChI is InChI=1S/C15H22FNO2/c1-10(17)12-8-7-11(9-13(12)16)19-15-6-4-2-3-5-14(15)18/h7-10,14-15,18H,2-6,17H2,1H3. The molecular formula is C15H22FNO2. The van der Waals surface area contributed by atoms with Gasteiger partial charge in [-0.1, -0.05) is 18.9 Å². The van der Waals surface area contributed by atoms with Gasteiger partial charge < -0.3 is 15.6 Å². The Morgan fingerprint density at radius 3 is 2.74 bits per heavy atom. The lowest BCUT2D eigenvalue weighted by Gasteiger charge is -2.22. The molecule has 3 atom stereocenters. The first-order chi connectivity index (χ1) is 9.08. The van der Waals surface area contributed by atoms with Crippen LogP contribution in [0.25, 0.3) is 0 Å². The Labute approximate surface area is 113 Å². The largest absolute Gasteiger partial charge is 0.488 e. The van der Waals surface area contributed by atoms with Crippen molar-refractivity contribution in [3.05, 3.63) is 29.6 Å². The van der Waals surface area contributed by atoms with E-state index in [0.717, 1.165) is 32.1 Å². The minimum atomic E-state index is -0.460. The van der Waals surface area contributed by atoms with Crippen LogP contribution < -0.4 is 10.5 Å². The number of benzene rings is 1. The van der Waals surface area contributed by atoms with E-state index >= 15 is 0 Å². The molecule has 0 heterocycles. The van der Waals surface area contributed by atoms with Crippen molar-refractivity contribution in [2.75, 3.05) is 0 Å². The van der Waals surface area contributed by atoms with Crippen LogP contribution in [-0.2, 0) is 0 Å². The summed E-state index contributed by atoms with van der Waals surface area (Å²) >= 11 is 0. The molecule has 0 bridgehead atoms. The molecule has 2 rings (SSSR count). The second-order valence-corrected chi connectivity index (χ2v) is 5.33. The fraction of sp³-hybridized carbons (Fsp3) is 0.600. The lowest BCUT2D eigenvalue weighted by Crippen LogP contribution is -2.30. The highest BCUT2D eigenvalue weighted by Crippen LogP contribution is 2.25. The first-order valence-corrected chi connectivity index (χ1v) is 6.97. The van der Waals surface area contributed by atoms with Gasteiger partial charge in [-0.25, -0.2) is 4.39 Å². The fourth-order valence-corrected chi connectivity index (χ4v) is 2.52. The molecule has 1 saturated carbocycles. The second-order valence-electron chi connectivity index (χ2n) is 5.33. The average Bonchev–Trinajstić information content (AvgIpc) is 2.55. The van der Waals surface area contributed by atoms with E-state index in [-0.39, 0.29) is 18.0 Å². The number of aliphatic hydroxyl groups is 1. The normalized spacial score (nSPS) is 25.7. The molecule has 0 radical (unpaired) electrons. The molecule has 19 heavy (non-hydrogen) atoms. The van der Waals surface area contributed by atoms with Gasteiger partial charge in [0.1, 0.15) is 17.7 Å². The van der Waals surface area contributed by atoms with E-state index in [1.807, 2.05) is 0 Å². The predicted octanol–water partition coefficient (Wildman–Crippen LogP) is 2.92. The van der Waals surface area contributed by atoms with Crippen molar-refractivity contribution in [3.8, 4) is 5.75 Å². The van der Waals surface area contributed by atoms with Gasteiger partial charge in [-0.2, -0.15) is 0 Å². The van der Waals surface area contributed by atoms with Crippen LogP contribution in [0.4, 0.5) is 4.39 Å². The summed E-state index contributed by atoms with van der Waals surface area (Å²) in [6, 6.07) is 4.39. The van der Waals surface area contributed by atoms with Crippen molar-refractivity contribution < 1.29 is 14.2 Å². The molecule has 0 spiro atoms. The van der Waals surface area contributed by atoms with Crippen LogP contribution >= 0.6 is 0 Å². The van der Waals surface area contributed by atoms with Crippen molar-refractivity contribution in [1.82, 2.24) is 0 Å². The van der Waals surface area contributed by atoms with Crippen molar-refractivity contribution in [1.29, 1.82) is 0 Å². The third-order valence-corrected chi connectivity index (χ3v) is 3.67. The van der Waals surface area contributed by atoms with E-state index in [1.165, 1.54) is 6.07 Å². The summed E-state index contributed by atoms with van der Waals surface area (Å²) in [5, 5.41) is 9.98. The van der Waals surface area contributed by atoms with Crippen molar-refractivity contribution in [2.45, 2.75) is 57.3 Å². The Kier molecular flexibility index (Phi) is 4.77. The lowest BCUT2D eigenvalue weighted by atomic mass is 10.1. The highest BCUT2D eigenvalue weighted by atomic mass is 19.1. The molecule has 0 aliphatic heterocycles. The van der Waals surface area contributed by atoms with Crippen molar-refractivity contribution in [2.24, 2.45) is 5.73 Å². The van der Waals surface area contributed by atoms with Crippen LogP contribution in [0.5, 0.6) is 5.75 Å². The molecule has 0 saturated heterocycles. The number of hydrogen-bond acceptors (Lipinski definition) is 3. The molecule has 1 aliphatic rings.